The number of benzene rings is 2. The minimum atomic E-state index is 0.562. The molecule has 0 amide bonds. The van der Waals surface area contributed by atoms with Crippen LogP contribution in [0.15, 0.2) is 66.9 Å². The molecule has 4 aromatic rings. The maximum atomic E-state index is 4.59. The molecule has 0 unspecified atom stereocenters. The van der Waals surface area contributed by atoms with E-state index in [-0.39, 0.29) is 0 Å². The van der Waals surface area contributed by atoms with Gasteiger partial charge in [-0.2, -0.15) is 5.10 Å². The summed E-state index contributed by atoms with van der Waals surface area (Å²) in [5, 5.41) is 7.64. The number of hydrogen-bond acceptors (Lipinski definition) is 5. The summed E-state index contributed by atoms with van der Waals surface area (Å²) in [6.07, 6.45) is 1.76. The standard InChI is InChI=1S/C20H18N6/c1-14-22-15(2)26(25-14)18-10-8-17(9-11-18)23-20-21-13-12-19(24-20)16-6-4-3-5-7-16/h3-13H,1-2H3,(H,21,23,24). The number of anilines is 2. The molecular formula is C20H18N6. The average Bonchev–Trinajstić information content (AvgIpc) is 3.01. The van der Waals surface area contributed by atoms with E-state index >= 15 is 0 Å². The van der Waals surface area contributed by atoms with Gasteiger partial charge >= 0.3 is 0 Å². The van der Waals surface area contributed by atoms with Crippen molar-refractivity contribution in [2.45, 2.75) is 13.8 Å². The van der Waals surface area contributed by atoms with Crippen LogP contribution in [0.25, 0.3) is 16.9 Å². The summed E-state index contributed by atoms with van der Waals surface area (Å²) >= 11 is 0. The lowest BCUT2D eigenvalue weighted by molar-refractivity contribution is 0.831. The quantitative estimate of drug-likeness (QED) is 0.605. The van der Waals surface area contributed by atoms with Crippen molar-refractivity contribution in [1.82, 2.24) is 24.7 Å². The molecule has 0 aliphatic rings. The minimum Gasteiger partial charge on any atom is -0.324 e. The molecule has 2 aromatic carbocycles. The number of aromatic nitrogens is 5. The molecule has 26 heavy (non-hydrogen) atoms. The molecule has 4 rings (SSSR count). The van der Waals surface area contributed by atoms with E-state index in [1.54, 1.807) is 6.20 Å². The Morgan fingerprint density at radius 2 is 1.62 bits per heavy atom. The maximum absolute atomic E-state index is 4.59. The molecule has 1 N–H and O–H groups in total. The Balaban J connectivity index is 1.55. The Bertz CT molecular complexity index is 1020. The third-order valence-corrected chi connectivity index (χ3v) is 3.97. The van der Waals surface area contributed by atoms with Crippen molar-refractivity contribution in [2.24, 2.45) is 0 Å². The third-order valence-electron chi connectivity index (χ3n) is 3.97. The summed E-state index contributed by atoms with van der Waals surface area (Å²) < 4.78 is 1.83. The van der Waals surface area contributed by atoms with Gasteiger partial charge in [-0.1, -0.05) is 30.3 Å². The lowest BCUT2D eigenvalue weighted by Crippen LogP contribution is -2.01. The van der Waals surface area contributed by atoms with Crippen LogP contribution in [0.1, 0.15) is 11.6 Å². The Morgan fingerprint density at radius 3 is 2.31 bits per heavy atom. The molecule has 6 nitrogen and oxygen atoms in total. The molecule has 0 atom stereocenters. The van der Waals surface area contributed by atoms with Gasteiger partial charge in [0.2, 0.25) is 5.95 Å². The van der Waals surface area contributed by atoms with Crippen molar-refractivity contribution in [2.75, 3.05) is 5.32 Å². The first kappa shape index (κ1) is 16.0. The van der Waals surface area contributed by atoms with Gasteiger partial charge in [0.25, 0.3) is 0 Å². The maximum Gasteiger partial charge on any atom is 0.227 e. The van der Waals surface area contributed by atoms with E-state index in [0.29, 0.717) is 5.95 Å². The van der Waals surface area contributed by atoms with E-state index in [9.17, 15) is 0 Å². The van der Waals surface area contributed by atoms with Crippen LogP contribution in [0, 0.1) is 13.8 Å². The summed E-state index contributed by atoms with van der Waals surface area (Å²) in [7, 11) is 0. The highest BCUT2D eigenvalue weighted by atomic mass is 15.3. The van der Waals surface area contributed by atoms with Crippen LogP contribution in [-0.4, -0.2) is 24.7 Å². The van der Waals surface area contributed by atoms with Gasteiger partial charge in [-0.05, 0) is 44.2 Å². The van der Waals surface area contributed by atoms with Gasteiger partial charge in [-0.25, -0.2) is 19.6 Å². The molecule has 0 saturated heterocycles. The van der Waals surface area contributed by atoms with Gasteiger partial charge in [0, 0.05) is 17.4 Å². The highest BCUT2D eigenvalue weighted by Crippen LogP contribution is 2.20. The van der Waals surface area contributed by atoms with Crippen LogP contribution in [0.4, 0.5) is 11.6 Å². The Hall–Kier alpha value is -3.54. The summed E-state index contributed by atoms with van der Waals surface area (Å²) in [4.78, 5) is 13.2. The number of aryl methyl sites for hydroxylation is 2. The van der Waals surface area contributed by atoms with Gasteiger partial charge < -0.3 is 5.32 Å². The zero-order valence-corrected chi connectivity index (χ0v) is 14.6. The fourth-order valence-corrected chi connectivity index (χ4v) is 2.77. The van der Waals surface area contributed by atoms with Crippen molar-refractivity contribution in [3.8, 4) is 16.9 Å². The lowest BCUT2D eigenvalue weighted by atomic mass is 10.1. The molecule has 0 radical (unpaired) electrons. The first-order valence-electron chi connectivity index (χ1n) is 8.35. The predicted molar refractivity (Wildman–Crippen MR) is 102 cm³/mol. The minimum absolute atomic E-state index is 0.562. The predicted octanol–water partition coefficient (Wildman–Crippen LogP) is 4.08. The van der Waals surface area contributed by atoms with Crippen LogP contribution in [0.2, 0.25) is 0 Å². The van der Waals surface area contributed by atoms with Crippen LogP contribution in [0.5, 0.6) is 0 Å². The zero-order chi connectivity index (χ0) is 17.9. The number of nitrogens with one attached hydrogen (secondary N) is 1. The summed E-state index contributed by atoms with van der Waals surface area (Å²) in [5.74, 6) is 2.19. The smallest absolute Gasteiger partial charge is 0.227 e. The van der Waals surface area contributed by atoms with Gasteiger partial charge in [0.1, 0.15) is 11.6 Å². The molecule has 2 heterocycles. The van der Waals surface area contributed by atoms with Crippen LogP contribution >= 0.6 is 0 Å². The van der Waals surface area contributed by atoms with Crippen LogP contribution in [0.3, 0.4) is 0 Å². The Morgan fingerprint density at radius 1 is 0.846 bits per heavy atom. The summed E-state index contributed by atoms with van der Waals surface area (Å²) in [6.45, 7) is 3.82. The van der Waals surface area contributed by atoms with Crippen molar-refractivity contribution in [1.29, 1.82) is 0 Å². The van der Waals surface area contributed by atoms with E-state index in [1.807, 2.05) is 79.2 Å². The molecule has 0 bridgehead atoms. The number of rotatable bonds is 4. The zero-order valence-electron chi connectivity index (χ0n) is 14.6. The molecular weight excluding hydrogens is 324 g/mol. The highest BCUT2D eigenvalue weighted by molar-refractivity contribution is 5.62. The average molecular weight is 342 g/mol. The van der Waals surface area contributed by atoms with Crippen molar-refractivity contribution >= 4 is 11.6 Å². The topological polar surface area (TPSA) is 68.5 Å². The normalized spacial score (nSPS) is 10.7. The van der Waals surface area contributed by atoms with Gasteiger partial charge in [0.05, 0.1) is 11.4 Å². The first-order valence-corrected chi connectivity index (χ1v) is 8.35. The first-order chi connectivity index (χ1) is 12.7. The second-order valence-electron chi connectivity index (χ2n) is 5.92. The van der Waals surface area contributed by atoms with E-state index in [4.69, 9.17) is 0 Å². The highest BCUT2D eigenvalue weighted by Gasteiger charge is 2.06. The summed E-state index contributed by atoms with van der Waals surface area (Å²) in [6, 6.07) is 19.9. The van der Waals surface area contributed by atoms with Crippen LogP contribution in [-0.2, 0) is 0 Å². The monoisotopic (exact) mass is 342 g/mol. The fourth-order valence-electron chi connectivity index (χ4n) is 2.77. The molecule has 0 fully saturated rings. The molecule has 6 heteroatoms. The number of hydrogen-bond donors (Lipinski definition) is 1. The molecule has 0 aliphatic carbocycles. The van der Waals surface area contributed by atoms with E-state index in [0.717, 1.165) is 34.3 Å². The van der Waals surface area contributed by atoms with Crippen LogP contribution < -0.4 is 5.32 Å². The Kier molecular flexibility index (Phi) is 4.15. The molecule has 2 aromatic heterocycles. The molecule has 128 valence electrons. The van der Waals surface area contributed by atoms with Gasteiger partial charge in [-0.15, -0.1) is 0 Å². The second-order valence-corrected chi connectivity index (χ2v) is 5.92. The van der Waals surface area contributed by atoms with Gasteiger partial charge in [-0.3, -0.25) is 0 Å². The lowest BCUT2D eigenvalue weighted by Gasteiger charge is -2.08. The summed E-state index contributed by atoms with van der Waals surface area (Å²) in [5.41, 5.74) is 3.82. The van der Waals surface area contributed by atoms with Crippen molar-refractivity contribution in [3.63, 3.8) is 0 Å². The number of nitrogens with zero attached hydrogens (tertiary/aromatic N) is 5. The van der Waals surface area contributed by atoms with E-state index in [1.165, 1.54) is 0 Å². The second kappa shape index (κ2) is 6.76. The molecule has 0 spiro atoms. The molecule has 0 aliphatic heterocycles. The van der Waals surface area contributed by atoms with Gasteiger partial charge in [0.15, 0.2) is 0 Å². The SMILES string of the molecule is Cc1nc(C)n(-c2ccc(Nc3nccc(-c4ccccc4)n3)cc2)n1. The molecule has 0 saturated carbocycles. The van der Waals surface area contributed by atoms with E-state index < -0.39 is 0 Å². The van der Waals surface area contributed by atoms with E-state index in [2.05, 4.69) is 25.4 Å². The third kappa shape index (κ3) is 3.30. The van der Waals surface area contributed by atoms with Crippen molar-refractivity contribution in [3.05, 3.63) is 78.5 Å². The largest absolute Gasteiger partial charge is 0.324 e. The van der Waals surface area contributed by atoms with Crippen molar-refractivity contribution < 1.29 is 0 Å². The fraction of sp³-hybridized carbons (Fsp3) is 0.100. The Labute approximate surface area is 151 Å².